The van der Waals surface area contributed by atoms with Crippen molar-refractivity contribution in [3.8, 4) is 11.5 Å². The third-order valence-corrected chi connectivity index (χ3v) is 4.26. The molecule has 0 bridgehead atoms. The standard InChI is InChI=1S/C18H29NO3/c1-3-11-22-16-8-7-15(12-17(16)21-2)13-19-14-18(20)9-5-4-6-10-18/h7-8,12,19-20H,3-6,9-11,13-14H2,1-2H3. The van der Waals surface area contributed by atoms with Gasteiger partial charge in [0.1, 0.15) is 0 Å². The Morgan fingerprint density at radius 2 is 1.95 bits per heavy atom. The second kappa shape index (κ2) is 8.39. The van der Waals surface area contributed by atoms with Crippen LogP contribution < -0.4 is 14.8 Å². The summed E-state index contributed by atoms with van der Waals surface area (Å²) in [4.78, 5) is 0. The van der Waals surface area contributed by atoms with Crippen LogP contribution in [0.2, 0.25) is 0 Å². The number of hydrogen-bond donors (Lipinski definition) is 2. The van der Waals surface area contributed by atoms with Crippen molar-refractivity contribution >= 4 is 0 Å². The molecule has 1 aliphatic carbocycles. The van der Waals surface area contributed by atoms with Crippen molar-refractivity contribution < 1.29 is 14.6 Å². The molecular formula is C18H29NO3. The maximum absolute atomic E-state index is 10.5. The quantitative estimate of drug-likeness (QED) is 0.774. The highest BCUT2D eigenvalue weighted by molar-refractivity contribution is 5.42. The number of nitrogens with one attached hydrogen (secondary N) is 1. The Morgan fingerprint density at radius 3 is 2.64 bits per heavy atom. The molecule has 1 aromatic rings. The van der Waals surface area contributed by atoms with E-state index < -0.39 is 5.60 Å². The molecule has 0 heterocycles. The molecular weight excluding hydrogens is 278 g/mol. The van der Waals surface area contributed by atoms with E-state index in [0.717, 1.165) is 55.7 Å². The Labute approximate surface area is 133 Å². The van der Waals surface area contributed by atoms with Gasteiger partial charge in [-0.3, -0.25) is 0 Å². The van der Waals surface area contributed by atoms with Gasteiger partial charge in [-0.2, -0.15) is 0 Å². The summed E-state index contributed by atoms with van der Waals surface area (Å²) in [5, 5.41) is 13.9. The van der Waals surface area contributed by atoms with E-state index in [-0.39, 0.29) is 0 Å². The number of hydrogen-bond acceptors (Lipinski definition) is 4. The fraction of sp³-hybridized carbons (Fsp3) is 0.667. The fourth-order valence-corrected chi connectivity index (χ4v) is 2.98. The molecule has 0 unspecified atom stereocenters. The van der Waals surface area contributed by atoms with Crippen molar-refractivity contribution in [2.45, 2.75) is 57.6 Å². The lowest BCUT2D eigenvalue weighted by molar-refractivity contribution is 0.00467. The minimum atomic E-state index is -0.521. The highest BCUT2D eigenvalue weighted by atomic mass is 16.5. The van der Waals surface area contributed by atoms with E-state index in [2.05, 4.69) is 12.2 Å². The first-order valence-electron chi connectivity index (χ1n) is 8.40. The molecule has 0 aromatic heterocycles. The van der Waals surface area contributed by atoms with Crippen LogP contribution in [0.15, 0.2) is 18.2 Å². The van der Waals surface area contributed by atoms with E-state index in [9.17, 15) is 5.11 Å². The normalized spacial score (nSPS) is 17.2. The lowest BCUT2D eigenvalue weighted by Crippen LogP contribution is -2.41. The number of aliphatic hydroxyl groups is 1. The summed E-state index contributed by atoms with van der Waals surface area (Å²) in [5.41, 5.74) is 0.618. The maximum atomic E-state index is 10.5. The van der Waals surface area contributed by atoms with Gasteiger partial charge in [-0.25, -0.2) is 0 Å². The van der Waals surface area contributed by atoms with Crippen LogP contribution in [0.5, 0.6) is 11.5 Å². The summed E-state index contributed by atoms with van der Waals surface area (Å²) >= 11 is 0. The van der Waals surface area contributed by atoms with Gasteiger partial charge in [0.05, 0.1) is 19.3 Å². The van der Waals surface area contributed by atoms with E-state index in [1.54, 1.807) is 7.11 Å². The predicted octanol–water partition coefficient (Wildman–Crippen LogP) is 3.27. The van der Waals surface area contributed by atoms with Gasteiger partial charge in [0, 0.05) is 13.1 Å². The summed E-state index contributed by atoms with van der Waals surface area (Å²) in [6.45, 7) is 4.16. The lowest BCUT2D eigenvalue weighted by atomic mass is 9.85. The molecule has 1 aliphatic rings. The van der Waals surface area contributed by atoms with Crippen molar-refractivity contribution in [3.63, 3.8) is 0 Å². The Balaban J connectivity index is 1.87. The van der Waals surface area contributed by atoms with Crippen molar-refractivity contribution in [2.75, 3.05) is 20.3 Å². The van der Waals surface area contributed by atoms with Gasteiger partial charge in [0.2, 0.25) is 0 Å². The Kier molecular flexibility index (Phi) is 6.52. The molecule has 0 atom stereocenters. The van der Waals surface area contributed by atoms with Gasteiger partial charge < -0.3 is 19.9 Å². The van der Waals surface area contributed by atoms with E-state index >= 15 is 0 Å². The maximum Gasteiger partial charge on any atom is 0.161 e. The first-order valence-corrected chi connectivity index (χ1v) is 8.40. The third-order valence-electron chi connectivity index (χ3n) is 4.26. The van der Waals surface area contributed by atoms with Crippen molar-refractivity contribution in [3.05, 3.63) is 23.8 Å². The summed E-state index contributed by atoms with van der Waals surface area (Å²) < 4.78 is 11.1. The number of rotatable bonds is 8. The molecule has 0 spiro atoms. The zero-order valence-corrected chi connectivity index (χ0v) is 13.9. The number of methoxy groups -OCH3 is 1. The zero-order chi connectivity index (χ0) is 15.8. The average molecular weight is 307 g/mol. The summed E-state index contributed by atoms with van der Waals surface area (Å²) in [7, 11) is 1.66. The van der Waals surface area contributed by atoms with Crippen LogP contribution in [-0.4, -0.2) is 31.0 Å². The molecule has 0 aliphatic heterocycles. The predicted molar refractivity (Wildman–Crippen MR) is 88.5 cm³/mol. The number of benzene rings is 1. The van der Waals surface area contributed by atoms with Crippen molar-refractivity contribution in [2.24, 2.45) is 0 Å². The molecule has 2 N–H and O–H groups in total. The monoisotopic (exact) mass is 307 g/mol. The summed E-state index contributed by atoms with van der Waals surface area (Å²) in [6, 6.07) is 6.01. The van der Waals surface area contributed by atoms with Gasteiger partial charge in [0.25, 0.3) is 0 Å². The molecule has 124 valence electrons. The van der Waals surface area contributed by atoms with Crippen LogP contribution in [-0.2, 0) is 6.54 Å². The zero-order valence-electron chi connectivity index (χ0n) is 13.9. The molecule has 4 nitrogen and oxygen atoms in total. The largest absolute Gasteiger partial charge is 0.493 e. The smallest absolute Gasteiger partial charge is 0.161 e. The van der Waals surface area contributed by atoms with Gasteiger partial charge in [-0.05, 0) is 37.0 Å². The lowest BCUT2D eigenvalue weighted by Gasteiger charge is -2.32. The van der Waals surface area contributed by atoms with Gasteiger partial charge >= 0.3 is 0 Å². The van der Waals surface area contributed by atoms with Crippen LogP contribution in [0, 0.1) is 0 Å². The van der Waals surface area contributed by atoms with Crippen LogP contribution in [0.25, 0.3) is 0 Å². The molecule has 0 amide bonds. The molecule has 0 saturated heterocycles. The first kappa shape index (κ1) is 17.1. The highest BCUT2D eigenvalue weighted by Gasteiger charge is 2.28. The molecule has 1 fully saturated rings. The Morgan fingerprint density at radius 1 is 1.18 bits per heavy atom. The first-order chi connectivity index (χ1) is 10.7. The van der Waals surface area contributed by atoms with Crippen LogP contribution >= 0.6 is 0 Å². The third kappa shape index (κ3) is 4.89. The fourth-order valence-electron chi connectivity index (χ4n) is 2.98. The summed E-state index contributed by atoms with van der Waals surface area (Å²) in [5.74, 6) is 1.56. The minimum Gasteiger partial charge on any atom is -0.493 e. The van der Waals surface area contributed by atoms with E-state index in [1.807, 2.05) is 18.2 Å². The summed E-state index contributed by atoms with van der Waals surface area (Å²) in [6.07, 6.45) is 6.31. The van der Waals surface area contributed by atoms with Crippen molar-refractivity contribution in [1.29, 1.82) is 0 Å². The SMILES string of the molecule is CCCOc1ccc(CNCC2(O)CCCCC2)cc1OC. The number of ether oxygens (including phenoxy) is 2. The molecule has 22 heavy (non-hydrogen) atoms. The minimum absolute atomic E-state index is 0.521. The molecule has 1 aromatic carbocycles. The van der Waals surface area contributed by atoms with Gasteiger partial charge in [-0.1, -0.05) is 32.3 Å². The van der Waals surface area contributed by atoms with Crippen molar-refractivity contribution in [1.82, 2.24) is 5.32 Å². The van der Waals surface area contributed by atoms with Crippen LogP contribution in [0.1, 0.15) is 51.0 Å². The molecule has 4 heteroatoms. The van der Waals surface area contributed by atoms with E-state index in [1.165, 1.54) is 6.42 Å². The second-order valence-corrected chi connectivity index (χ2v) is 6.22. The van der Waals surface area contributed by atoms with E-state index in [0.29, 0.717) is 13.2 Å². The van der Waals surface area contributed by atoms with E-state index in [4.69, 9.17) is 9.47 Å². The van der Waals surface area contributed by atoms with Crippen LogP contribution in [0.3, 0.4) is 0 Å². The van der Waals surface area contributed by atoms with Gasteiger partial charge in [-0.15, -0.1) is 0 Å². The molecule has 0 radical (unpaired) electrons. The topological polar surface area (TPSA) is 50.7 Å². The molecule has 1 saturated carbocycles. The Hall–Kier alpha value is -1.26. The Bertz CT molecular complexity index is 456. The average Bonchev–Trinajstić information content (AvgIpc) is 2.54. The van der Waals surface area contributed by atoms with Gasteiger partial charge in [0.15, 0.2) is 11.5 Å². The van der Waals surface area contributed by atoms with Crippen LogP contribution in [0.4, 0.5) is 0 Å². The molecule has 2 rings (SSSR count). The second-order valence-electron chi connectivity index (χ2n) is 6.22. The highest BCUT2D eigenvalue weighted by Crippen LogP contribution is 2.29.